The summed E-state index contributed by atoms with van der Waals surface area (Å²) in [5, 5.41) is 7.41. The molecule has 0 saturated heterocycles. The maximum atomic E-state index is 11.4. The predicted molar refractivity (Wildman–Crippen MR) is 84.7 cm³/mol. The fraction of sp³-hybridized carbons (Fsp3) is 0.412. The molecule has 0 aliphatic carbocycles. The zero-order valence-corrected chi connectivity index (χ0v) is 13.0. The third-order valence-electron chi connectivity index (χ3n) is 3.40. The van der Waals surface area contributed by atoms with E-state index >= 15 is 0 Å². The Hall–Kier alpha value is -2.10. The van der Waals surface area contributed by atoms with E-state index in [1.54, 1.807) is 0 Å². The van der Waals surface area contributed by atoms with E-state index in [4.69, 9.17) is 0 Å². The van der Waals surface area contributed by atoms with Crippen LogP contribution in [-0.4, -0.2) is 22.2 Å². The Labute approximate surface area is 126 Å². The van der Waals surface area contributed by atoms with Crippen LogP contribution in [0.1, 0.15) is 36.7 Å². The molecule has 1 aromatic heterocycles. The molecule has 1 aromatic carbocycles. The highest BCUT2D eigenvalue weighted by Gasteiger charge is 2.04. The van der Waals surface area contributed by atoms with E-state index in [1.165, 1.54) is 5.56 Å². The molecule has 0 saturated carbocycles. The molecule has 0 unspecified atom stereocenters. The van der Waals surface area contributed by atoms with Crippen molar-refractivity contribution in [3.63, 3.8) is 0 Å². The molecule has 2 aromatic rings. The van der Waals surface area contributed by atoms with Gasteiger partial charge in [-0.15, -0.1) is 0 Å². The normalized spacial score (nSPS) is 10.6. The van der Waals surface area contributed by atoms with Crippen molar-refractivity contribution < 1.29 is 4.79 Å². The van der Waals surface area contributed by atoms with Crippen molar-refractivity contribution in [3.8, 4) is 5.69 Å². The van der Waals surface area contributed by atoms with Crippen LogP contribution < -0.4 is 5.32 Å². The highest BCUT2D eigenvalue weighted by molar-refractivity contribution is 5.75. The monoisotopic (exact) mass is 285 g/mol. The van der Waals surface area contributed by atoms with Crippen LogP contribution in [0, 0.1) is 13.8 Å². The second kappa shape index (κ2) is 7.07. The molecule has 0 bridgehead atoms. The first kappa shape index (κ1) is 15.3. The number of rotatable bonds is 6. The Morgan fingerprint density at radius 1 is 1.24 bits per heavy atom. The predicted octanol–water partition coefficient (Wildman–Crippen LogP) is 2.95. The lowest BCUT2D eigenvalue weighted by molar-refractivity contribution is -0.121. The fourth-order valence-corrected chi connectivity index (χ4v) is 2.36. The lowest BCUT2D eigenvalue weighted by atomic mass is 10.1. The van der Waals surface area contributed by atoms with E-state index in [-0.39, 0.29) is 5.91 Å². The number of aryl methyl sites for hydroxylation is 2. The molecule has 0 aliphatic rings. The Morgan fingerprint density at radius 3 is 2.52 bits per heavy atom. The number of nitrogens with zero attached hydrogens (tertiary/aromatic N) is 2. The SMILES string of the molecule is CCCC(=O)NCCc1ccc(-n2nc(C)cc2C)cc1. The topological polar surface area (TPSA) is 46.9 Å². The molecule has 0 radical (unpaired) electrons. The smallest absolute Gasteiger partial charge is 0.219 e. The summed E-state index contributed by atoms with van der Waals surface area (Å²) in [5.74, 6) is 0.136. The Balaban J connectivity index is 1.93. The summed E-state index contributed by atoms with van der Waals surface area (Å²) in [4.78, 5) is 11.4. The van der Waals surface area contributed by atoms with Crippen molar-refractivity contribution in [3.05, 3.63) is 47.3 Å². The highest BCUT2D eigenvalue weighted by Crippen LogP contribution is 2.13. The number of nitrogens with one attached hydrogen (secondary N) is 1. The molecule has 1 heterocycles. The molecule has 0 aliphatic heterocycles. The molecule has 21 heavy (non-hydrogen) atoms. The first-order valence-corrected chi connectivity index (χ1v) is 7.49. The number of benzene rings is 1. The summed E-state index contributed by atoms with van der Waals surface area (Å²) in [7, 11) is 0. The van der Waals surface area contributed by atoms with Gasteiger partial charge in [0.25, 0.3) is 0 Å². The second-order valence-corrected chi connectivity index (χ2v) is 5.36. The van der Waals surface area contributed by atoms with E-state index in [2.05, 4.69) is 47.7 Å². The van der Waals surface area contributed by atoms with Crippen LogP contribution in [0.25, 0.3) is 5.69 Å². The summed E-state index contributed by atoms with van der Waals surface area (Å²) in [5.41, 5.74) is 4.44. The first-order valence-electron chi connectivity index (χ1n) is 7.49. The van der Waals surface area contributed by atoms with Crippen LogP contribution in [0.4, 0.5) is 0 Å². The molecular weight excluding hydrogens is 262 g/mol. The number of carbonyl (C=O) groups excluding carboxylic acids is 1. The lowest BCUT2D eigenvalue weighted by Crippen LogP contribution is -2.25. The quantitative estimate of drug-likeness (QED) is 0.887. The van der Waals surface area contributed by atoms with Crippen LogP contribution in [0.2, 0.25) is 0 Å². The van der Waals surface area contributed by atoms with E-state index in [0.717, 1.165) is 29.9 Å². The van der Waals surface area contributed by atoms with Gasteiger partial charge in [-0.25, -0.2) is 4.68 Å². The lowest BCUT2D eigenvalue weighted by Gasteiger charge is -2.07. The van der Waals surface area contributed by atoms with Gasteiger partial charge in [0.1, 0.15) is 0 Å². The summed E-state index contributed by atoms with van der Waals surface area (Å²) in [6.07, 6.45) is 2.35. The molecule has 4 heteroatoms. The van der Waals surface area contributed by atoms with Gasteiger partial charge in [-0.3, -0.25) is 4.79 Å². The van der Waals surface area contributed by atoms with Gasteiger partial charge in [-0.2, -0.15) is 5.10 Å². The number of hydrogen-bond donors (Lipinski definition) is 1. The van der Waals surface area contributed by atoms with Crippen molar-refractivity contribution >= 4 is 5.91 Å². The molecule has 1 amide bonds. The molecule has 1 N–H and O–H groups in total. The van der Waals surface area contributed by atoms with Crippen LogP contribution >= 0.6 is 0 Å². The van der Waals surface area contributed by atoms with E-state index in [0.29, 0.717) is 13.0 Å². The van der Waals surface area contributed by atoms with Crippen LogP contribution in [0.15, 0.2) is 30.3 Å². The van der Waals surface area contributed by atoms with Gasteiger partial charge in [0.15, 0.2) is 0 Å². The van der Waals surface area contributed by atoms with Crippen molar-refractivity contribution in [2.75, 3.05) is 6.54 Å². The maximum Gasteiger partial charge on any atom is 0.219 e. The number of amides is 1. The fourth-order valence-electron chi connectivity index (χ4n) is 2.36. The standard InChI is InChI=1S/C17H23N3O/c1-4-5-17(21)18-11-10-15-6-8-16(9-7-15)20-14(3)12-13(2)19-20/h6-9,12H,4-5,10-11H2,1-3H3,(H,18,21). The van der Waals surface area contributed by atoms with Crippen molar-refractivity contribution in [1.82, 2.24) is 15.1 Å². The molecule has 0 atom stereocenters. The van der Waals surface area contributed by atoms with Crippen molar-refractivity contribution in [2.45, 2.75) is 40.0 Å². The third kappa shape index (κ3) is 4.18. The minimum atomic E-state index is 0.136. The van der Waals surface area contributed by atoms with Gasteiger partial charge < -0.3 is 5.32 Å². The van der Waals surface area contributed by atoms with Gasteiger partial charge in [0, 0.05) is 18.7 Å². The third-order valence-corrected chi connectivity index (χ3v) is 3.40. The summed E-state index contributed by atoms with van der Waals surface area (Å²) in [6, 6.07) is 10.4. The summed E-state index contributed by atoms with van der Waals surface area (Å²) in [6.45, 7) is 6.75. The van der Waals surface area contributed by atoms with Crippen molar-refractivity contribution in [2.24, 2.45) is 0 Å². The molecular formula is C17H23N3O. The molecule has 0 spiro atoms. The summed E-state index contributed by atoms with van der Waals surface area (Å²) < 4.78 is 1.95. The number of carbonyl (C=O) groups is 1. The Kier molecular flexibility index (Phi) is 5.14. The molecule has 112 valence electrons. The minimum Gasteiger partial charge on any atom is -0.356 e. The van der Waals surface area contributed by atoms with Gasteiger partial charge in [0.05, 0.1) is 11.4 Å². The number of hydrogen-bond acceptors (Lipinski definition) is 2. The molecule has 2 rings (SSSR count). The van der Waals surface area contributed by atoms with Crippen molar-refractivity contribution in [1.29, 1.82) is 0 Å². The van der Waals surface area contributed by atoms with Gasteiger partial charge in [-0.1, -0.05) is 19.1 Å². The average Bonchev–Trinajstić information content (AvgIpc) is 2.79. The zero-order valence-electron chi connectivity index (χ0n) is 13.0. The largest absolute Gasteiger partial charge is 0.356 e. The minimum absolute atomic E-state index is 0.136. The van der Waals surface area contributed by atoms with Gasteiger partial charge >= 0.3 is 0 Å². The van der Waals surface area contributed by atoms with E-state index in [1.807, 2.05) is 18.5 Å². The first-order chi connectivity index (χ1) is 10.1. The van der Waals surface area contributed by atoms with E-state index in [9.17, 15) is 4.79 Å². The molecule has 4 nitrogen and oxygen atoms in total. The van der Waals surface area contributed by atoms with E-state index < -0.39 is 0 Å². The zero-order chi connectivity index (χ0) is 15.2. The summed E-state index contributed by atoms with van der Waals surface area (Å²) >= 11 is 0. The second-order valence-electron chi connectivity index (χ2n) is 5.36. The Bertz CT molecular complexity index is 599. The van der Waals surface area contributed by atoms with Gasteiger partial charge in [-0.05, 0) is 50.5 Å². The maximum absolute atomic E-state index is 11.4. The van der Waals surface area contributed by atoms with Crippen LogP contribution in [-0.2, 0) is 11.2 Å². The number of aromatic nitrogens is 2. The Morgan fingerprint density at radius 2 is 1.95 bits per heavy atom. The highest BCUT2D eigenvalue weighted by atomic mass is 16.1. The average molecular weight is 285 g/mol. The van der Waals surface area contributed by atoms with Gasteiger partial charge in [0.2, 0.25) is 5.91 Å². The molecule has 0 fully saturated rings. The van der Waals surface area contributed by atoms with Crippen LogP contribution in [0.3, 0.4) is 0 Å². The van der Waals surface area contributed by atoms with Crippen LogP contribution in [0.5, 0.6) is 0 Å².